The molecule has 0 spiro atoms. The summed E-state index contributed by atoms with van der Waals surface area (Å²) in [5.41, 5.74) is 0.438. The van der Waals surface area contributed by atoms with Crippen LogP contribution in [0.25, 0.3) is 0 Å². The first-order valence-electron chi connectivity index (χ1n) is 4.80. The smallest absolute Gasteiger partial charge is 0.303 e. The van der Waals surface area contributed by atoms with Crippen LogP contribution in [0.5, 0.6) is 0 Å². The zero-order valence-corrected chi connectivity index (χ0v) is 8.92. The highest BCUT2D eigenvalue weighted by molar-refractivity contribution is 5.66. The highest BCUT2D eigenvalue weighted by Crippen LogP contribution is 2.13. The fourth-order valence-electron chi connectivity index (χ4n) is 1.27. The molecule has 1 N–H and O–H groups in total. The van der Waals surface area contributed by atoms with Gasteiger partial charge in [-0.3, -0.25) is 4.79 Å². The molecule has 0 aliphatic rings. The Balaban J connectivity index is 2.62. The third-order valence-corrected chi connectivity index (χ3v) is 2.07. The molecule has 0 radical (unpaired) electrons. The number of carboxylic acid groups (broad SMARTS) is 1. The van der Waals surface area contributed by atoms with Gasteiger partial charge in [0.05, 0.1) is 11.8 Å². The van der Waals surface area contributed by atoms with Gasteiger partial charge in [0, 0.05) is 20.0 Å². The largest absolute Gasteiger partial charge is 0.481 e. The molecule has 0 aliphatic heterocycles. The molecule has 0 aromatic carbocycles. The second-order valence-corrected chi connectivity index (χ2v) is 3.30. The number of nitrogens with zero attached hydrogens (tertiary/aromatic N) is 4. The first-order valence-corrected chi connectivity index (χ1v) is 4.80. The standard InChI is InChI=1S/C10H12N4O2/c1-14(6-2-3-9(15)16)10-8(7-11)4-5-12-13-10/h4-5H,2-3,6H2,1H3,(H,15,16). The summed E-state index contributed by atoms with van der Waals surface area (Å²) >= 11 is 0. The molecule has 0 atom stereocenters. The Morgan fingerprint density at radius 3 is 3.06 bits per heavy atom. The highest BCUT2D eigenvalue weighted by atomic mass is 16.4. The van der Waals surface area contributed by atoms with Gasteiger partial charge < -0.3 is 10.0 Å². The van der Waals surface area contributed by atoms with Crippen molar-refractivity contribution >= 4 is 11.8 Å². The summed E-state index contributed by atoms with van der Waals surface area (Å²) in [4.78, 5) is 12.1. The van der Waals surface area contributed by atoms with E-state index in [4.69, 9.17) is 10.4 Å². The predicted octanol–water partition coefficient (Wildman–Crippen LogP) is 0.649. The van der Waals surface area contributed by atoms with Gasteiger partial charge in [-0.1, -0.05) is 0 Å². The van der Waals surface area contributed by atoms with Gasteiger partial charge in [0.2, 0.25) is 0 Å². The molecule has 1 aromatic rings. The van der Waals surface area contributed by atoms with Crippen LogP contribution in [0.3, 0.4) is 0 Å². The van der Waals surface area contributed by atoms with Crippen molar-refractivity contribution in [2.45, 2.75) is 12.8 Å². The average Bonchev–Trinajstić information content (AvgIpc) is 2.28. The summed E-state index contributed by atoms with van der Waals surface area (Å²) in [5.74, 6) is -0.344. The minimum Gasteiger partial charge on any atom is -0.481 e. The lowest BCUT2D eigenvalue weighted by Crippen LogP contribution is -2.21. The molecule has 1 rings (SSSR count). The number of hydrogen-bond acceptors (Lipinski definition) is 5. The van der Waals surface area contributed by atoms with Crippen LogP contribution >= 0.6 is 0 Å². The number of aromatic nitrogens is 2. The maximum atomic E-state index is 10.3. The van der Waals surface area contributed by atoms with Crippen LogP contribution in [0.4, 0.5) is 5.82 Å². The van der Waals surface area contributed by atoms with Crippen LogP contribution in [-0.4, -0.2) is 34.9 Å². The van der Waals surface area contributed by atoms with Crippen LogP contribution < -0.4 is 4.90 Å². The maximum absolute atomic E-state index is 10.3. The third kappa shape index (κ3) is 3.20. The van der Waals surface area contributed by atoms with Gasteiger partial charge >= 0.3 is 5.97 Å². The first kappa shape index (κ1) is 11.9. The van der Waals surface area contributed by atoms with Gasteiger partial charge in [-0.05, 0) is 12.5 Å². The van der Waals surface area contributed by atoms with Crippen LogP contribution in [0.1, 0.15) is 18.4 Å². The van der Waals surface area contributed by atoms with E-state index >= 15 is 0 Å². The molecule has 0 unspecified atom stereocenters. The van der Waals surface area contributed by atoms with Gasteiger partial charge in [0.1, 0.15) is 6.07 Å². The van der Waals surface area contributed by atoms with Crippen molar-refractivity contribution in [3.8, 4) is 6.07 Å². The zero-order valence-electron chi connectivity index (χ0n) is 8.92. The molecule has 6 nitrogen and oxygen atoms in total. The first-order chi connectivity index (χ1) is 7.65. The highest BCUT2D eigenvalue weighted by Gasteiger charge is 2.09. The Morgan fingerprint density at radius 2 is 2.44 bits per heavy atom. The van der Waals surface area contributed by atoms with E-state index in [1.54, 1.807) is 18.0 Å². The van der Waals surface area contributed by atoms with Crippen molar-refractivity contribution in [2.24, 2.45) is 0 Å². The number of rotatable bonds is 5. The van der Waals surface area contributed by atoms with E-state index in [0.717, 1.165) is 0 Å². The normalized spacial score (nSPS) is 9.50. The summed E-state index contributed by atoms with van der Waals surface area (Å²) < 4.78 is 0. The molecule has 6 heteroatoms. The van der Waals surface area contributed by atoms with Crippen LogP contribution in [0, 0.1) is 11.3 Å². The lowest BCUT2D eigenvalue weighted by molar-refractivity contribution is -0.137. The summed E-state index contributed by atoms with van der Waals surface area (Å²) in [7, 11) is 1.76. The molecule has 1 aromatic heterocycles. The fraction of sp³-hybridized carbons (Fsp3) is 0.400. The Labute approximate surface area is 93.1 Å². The molecule has 0 bridgehead atoms. The van der Waals surface area contributed by atoms with Gasteiger partial charge in [0.15, 0.2) is 5.82 Å². The number of carbonyl (C=O) groups is 1. The minimum absolute atomic E-state index is 0.104. The van der Waals surface area contributed by atoms with E-state index in [2.05, 4.69) is 10.2 Å². The summed E-state index contributed by atoms with van der Waals surface area (Å²) in [6.45, 7) is 0.527. The van der Waals surface area contributed by atoms with E-state index in [1.165, 1.54) is 6.20 Å². The second kappa shape index (κ2) is 5.66. The van der Waals surface area contributed by atoms with E-state index in [9.17, 15) is 4.79 Å². The van der Waals surface area contributed by atoms with E-state index in [-0.39, 0.29) is 6.42 Å². The molecular formula is C10H12N4O2. The number of hydrogen-bond donors (Lipinski definition) is 1. The Bertz CT molecular complexity index is 414. The molecule has 84 valence electrons. The quantitative estimate of drug-likeness (QED) is 0.783. The Morgan fingerprint density at radius 1 is 1.69 bits per heavy atom. The second-order valence-electron chi connectivity index (χ2n) is 3.30. The Kier molecular flexibility index (Phi) is 4.21. The van der Waals surface area contributed by atoms with E-state index < -0.39 is 5.97 Å². The maximum Gasteiger partial charge on any atom is 0.303 e. The topological polar surface area (TPSA) is 90.1 Å². The molecule has 16 heavy (non-hydrogen) atoms. The van der Waals surface area contributed by atoms with Gasteiger partial charge in [-0.15, -0.1) is 5.10 Å². The van der Waals surface area contributed by atoms with Crippen LogP contribution in [0.15, 0.2) is 12.3 Å². The van der Waals surface area contributed by atoms with Crippen LogP contribution in [0.2, 0.25) is 0 Å². The molecule has 0 amide bonds. The molecule has 0 saturated carbocycles. The zero-order chi connectivity index (χ0) is 12.0. The molecular weight excluding hydrogens is 208 g/mol. The Hall–Kier alpha value is -2.16. The molecule has 0 fully saturated rings. The van der Waals surface area contributed by atoms with Crippen molar-refractivity contribution < 1.29 is 9.90 Å². The summed E-state index contributed by atoms with van der Waals surface area (Å²) in [6, 6.07) is 3.59. The van der Waals surface area contributed by atoms with Gasteiger partial charge in [-0.25, -0.2) is 0 Å². The van der Waals surface area contributed by atoms with Crippen molar-refractivity contribution in [3.05, 3.63) is 17.8 Å². The van der Waals surface area contributed by atoms with Gasteiger partial charge in [0.25, 0.3) is 0 Å². The summed E-state index contributed by atoms with van der Waals surface area (Å²) in [6.07, 6.45) is 2.06. The fourth-order valence-corrected chi connectivity index (χ4v) is 1.27. The lowest BCUT2D eigenvalue weighted by atomic mass is 10.2. The lowest BCUT2D eigenvalue weighted by Gasteiger charge is -2.17. The molecule has 1 heterocycles. The number of anilines is 1. The number of carboxylic acids is 1. The van der Waals surface area contributed by atoms with Crippen molar-refractivity contribution in [2.75, 3.05) is 18.5 Å². The monoisotopic (exact) mass is 220 g/mol. The van der Waals surface area contributed by atoms with Crippen molar-refractivity contribution in [3.63, 3.8) is 0 Å². The van der Waals surface area contributed by atoms with E-state index in [0.29, 0.717) is 24.3 Å². The molecule has 0 aliphatic carbocycles. The molecule has 0 saturated heterocycles. The minimum atomic E-state index is -0.826. The number of nitriles is 1. The third-order valence-electron chi connectivity index (χ3n) is 2.07. The SMILES string of the molecule is CN(CCCC(=O)O)c1nnccc1C#N. The van der Waals surface area contributed by atoms with E-state index in [1.807, 2.05) is 6.07 Å². The van der Waals surface area contributed by atoms with Crippen LogP contribution in [-0.2, 0) is 4.79 Å². The summed E-state index contributed by atoms with van der Waals surface area (Å²) in [5, 5.41) is 24.9. The predicted molar refractivity (Wildman–Crippen MR) is 56.9 cm³/mol. The number of aliphatic carboxylic acids is 1. The average molecular weight is 220 g/mol. The van der Waals surface area contributed by atoms with Crippen molar-refractivity contribution in [1.82, 2.24) is 10.2 Å². The van der Waals surface area contributed by atoms with Gasteiger partial charge in [-0.2, -0.15) is 10.4 Å². The van der Waals surface area contributed by atoms with Crippen molar-refractivity contribution in [1.29, 1.82) is 5.26 Å².